The number of carbonyl (C=O) groups is 1. The minimum Gasteiger partial charge on any atom is -0.482 e. The molecule has 6 heteroatoms. The summed E-state index contributed by atoms with van der Waals surface area (Å²) in [5.41, 5.74) is 3.96. The van der Waals surface area contributed by atoms with Crippen LogP contribution in [0.1, 0.15) is 30.3 Å². The van der Waals surface area contributed by atoms with Gasteiger partial charge in [-0.25, -0.2) is 9.78 Å². The molecule has 2 heterocycles. The molecule has 4 aromatic rings. The first-order valence-corrected chi connectivity index (χ1v) is 11.5. The first-order chi connectivity index (χ1) is 16.7. The number of oxazole rings is 1. The summed E-state index contributed by atoms with van der Waals surface area (Å²) >= 11 is 0. The van der Waals surface area contributed by atoms with Crippen LogP contribution in [0.3, 0.4) is 0 Å². The van der Waals surface area contributed by atoms with Gasteiger partial charge in [-0.1, -0.05) is 72.8 Å². The van der Waals surface area contributed by atoms with E-state index in [0.717, 1.165) is 53.4 Å². The van der Waals surface area contributed by atoms with Crippen LogP contribution in [0.25, 0.3) is 22.6 Å². The summed E-state index contributed by atoms with van der Waals surface area (Å²) in [4.78, 5) is 18.2. The Labute approximate surface area is 198 Å². The minimum atomic E-state index is -0.989. The van der Waals surface area contributed by atoms with Crippen molar-refractivity contribution in [1.82, 2.24) is 9.88 Å². The highest BCUT2D eigenvalue weighted by molar-refractivity contribution is 5.76. The maximum absolute atomic E-state index is 10.8. The lowest BCUT2D eigenvalue weighted by molar-refractivity contribution is -0.139. The van der Waals surface area contributed by atoms with E-state index in [1.165, 1.54) is 0 Å². The van der Waals surface area contributed by atoms with Crippen molar-refractivity contribution in [3.8, 4) is 28.3 Å². The monoisotopic (exact) mass is 454 g/mol. The number of aliphatic carboxylic acids is 1. The standard InChI is InChI=1S/C28H26N2O4/c31-25(32)19-33-23-14-7-9-20(17-23)18-30-16-8-15-24(30)28-29-26(21-10-3-1-4-11-21)27(34-28)22-12-5-2-6-13-22/h1-7,9-14,17,24H,8,15-16,18-19H2,(H,31,32). The molecule has 1 N–H and O–H groups in total. The van der Waals surface area contributed by atoms with Gasteiger partial charge in [-0.05, 0) is 37.1 Å². The molecule has 1 saturated heterocycles. The third-order valence-corrected chi connectivity index (χ3v) is 6.02. The van der Waals surface area contributed by atoms with Crippen LogP contribution in [0, 0.1) is 0 Å². The number of carboxylic acid groups (broad SMARTS) is 1. The maximum Gasteiger partial charge on any atom is 0.341 e. The molecule has 5 rings (SSSR count). The summed E-state index contributed by atoms with van der Waals surface area (Å²) in [5.74, 6) is 1.09. The second kappa shape index (κ2) is 9.93. The maximum atomic E-state index is 10.8. The average molecular weight is 455 g/mol. The SMILES string of the molecule is O=C(O)COc1cccc(CN2CCCC2c2nc(-c3ccccc3)c(-c3ccccc3)o2)c1. The van der Waals surface area contributed by atoms with E-state index >= 15 is 0 Å². The second-order valence-corrected chi connectivity index (χ2v) is 8.42. The smallest absolute Gasteiger partial charge is 0.341 e. The molecule has 1 aliphatic heterocycles. The van der Waals surface area contributed by atoms with E-state index in [1.54, 1.807) is 6.07 Å². The molecular weight excluding hydrogens is 428 g/mol. The fourth-order valence-corrected chi connectivity index (χ4v) is 4.46. The number of aromatic nitrogens is 1. The lowest BCUT2D eigenvalue weighted by Gasteiger charge is -2.22. The van der Waals surface area contributed by atoms with E-state index in [2.05, 4.69) is 17.0 Å². The van der Waals surface area contributed by atoms with Crippen LogP contribution in [0.5, 0.6) is 5.75 Å². The Kier molecular flexibility index (Phi) is 6.40. The Hall–Kier alpha value is -3.90. The Morgan fingerprint density at radius 3 is 2.47 bits per heavy atom. The van der Waals surface area contributed by atoms with Gasteiger partial charge in [0.2, 0.25) is 5.89 Å². The van der Waals surface area contributed by atoms with Gasteiger partial charge in [0.15, 0.2) is 12.4 Å². The van der Waals surface area contributed by atoms with Crippen molar-refractivity contribution in [1.29, 1.82) is 0 Å². The van der Waals surface area contributed by atoms with Crippen LogP contribution < -0.4 is 4.74 Å². The zero-order valence-corrected chi connectivity index (χ0v) is 18.8. The summed E-state index contributed by atoms with van der Waals surface area (Å²) in [7, 11) is 0. The molecule has 1 atom stereocenters. The first-order valence-electron chi connectivity index (χ1n) is 11.5. The molecule has 172 valence electrons. The van der Waals surface area contributed by atoms with Crippen molar-refractivity contribution >= 4 is 5.97 Å². The molecule has 1 fully saturated rings. The molecule has 0 bridgehead atoms. The van der Waals surface area contributed by atoms with Crippen molar-refractivity contribution in [2.75, 3.05) is 13.2 Å². The molecule has 0 saturated carbocycles. The van der Waals surface area contributed by atoms with E-state index in [-0.39, 0.29) is 12.6 Å². The van der Waals surface area contributed by atoms with Gasteiger partial charge in [-0.15, -0.1) is 0 Å². The minimum absolute atomic E-state index is 0.0727. The van der Waals surface area contributed by atoms with Gasteiger partial charge in [0.05, 0.1) is 6.04 Å². The van der Waals surface area contributed by atoms with Gasteiger partial charge in [0.1, 0.15) is 11.4 Å². The third kappa shape index (κ3) is 4.87. The Morgan fingerprint density at radius 1 is 1.00 bits per heavy atom. The fourth-order valence-electron chi connectivity index (χ4n) is 4.46. The van der Waals surface area contributed by atoms with Crippen LogP contribution >= 0.6 is 0 Å². The molecule has 6 nitrogen and oxygen atoms in total. The summed E-state index contributed by atoms with van der Waals surface area (Å²) in [5, 5.41) is 8.87. The number of benzene rings is 3. The summed E-state index contributed by atoms with van der Waals surface area (Å²) in [6.07, 6.45) is 2.03. The Morgan fingerprint density at radius 2 is 1.74 bits per heavy atom. The number of rotatable bonds is 8. The lowest BCUT2D eigenvalue weighted by atomic mass is 10.1. The van der Waals surface area contributed by atoms with Gasteiger partial charge >= 0.3 is 5.97 Å². The molecule has 1 aromatic heterocycles. The molecule has 34 heavy (non-hydrogen) atoms. The van der Waals surface area contributed by atoms with Crippen molar-refractivity contribution in [3.63, 3.8) is 0 Å². The van der Waals surface area contributed by atoms with Crippen LogP contribution in [0.15, 0.2) is 89.3 Å². The topological polar surface area (TPSA) is 75.8 Å². The van der Waals surface area contributed by atoms with E-state index in [0.29, 0.717) is 12.3 Å². The van der Waals surface area contributed by atoms with Gasteiger partial charge in [0.25, 0.3) is 0 Å². The van der Waals surface area contributed by atoms with Crippen molar-refractivity contribution < 1.29 is 19.1 Å². The first kappa shape index (κ1) is 21.9. The second-order valence-electron chi connectivity index (χ2n) is 8.42. The zero-order chi connectivity index (χ0) is 23.3. The Balaban J connectivity index is 1.43. The van der Waals surface area contributed by atoms with Gasteiger partial charge in [0, 0.05) is 17.7 Å². The summed E-state index contributed by atoms with van der Waals surface area (Å²) in [6.45, 7) is 1.30. The number of nitrogens with zero attached hydrogens (tertiary/aromatic N) is 2. The molecule has 1 aliphatic rings. The molecule has 0 radical (unpaired) electrons. The molecule has 3 aromatic carbocycles. The molecular formula is C28H26N2O4. The lowest BCUT2D eigenvalue weighted by Crippen LogP contribution is -2.23. The Bertz CT molecular complexity index is 1200. The van der Waals surface area contributed by atoms with Crippen molar-refractivity contribution in [3.05, 3.63) is 96.4 Å². The van der Waals surface area contributed by atoms with Crippen molar-refractivity contribution in [2.24, 2.45) is 0 Å². The number of ether oxygens (including phenoxy) is 1. The number of hydrogen-bond donors (Lipinski definition) is 1. The van der Waals surface area contributed by atoms with E-state index < -0.39 is 5.97 Å². The normalized spacial score (nSPS) is 15.9. The van der Waals surface area contributed by atoms with Crippen LogP contribution in [0.2, 0.25) is 0 Å². The zero-order valence-electron chi connectivity index (χ0n) is 18.8. The van der Waals surface area contributed by atoms with Gasteiger partial charge < -0.3 is 14.3 Å². The molecule has 1 unspecified atom stereocenters. The summed E-state index contributed by atoms with van der Waals surface area (Å²) in [6, 6.07) is 27.9. The van der Waals surface area contributed by atoms with Crippen molar-refractivity contribution in [2.45, 2.75) is 25.4 Å². The quantitative estimate of drug-likeness (QED) is 0.362. The average Bonchev–Trinajstić information content (AvgIpc) is 3.51. The van der Waals surface area contributed by atoms with Gasteiger partial charge in [-0.3, -0.25) is 4.90 Å². The molecule has 0 amide bonds. The highest BCUT2D eigenvalue weighted by Gasteiger charge is 2.31. The number of likely N-dealkylation sites (tertiary alicyclic amines) is 1. The van der Waals surface area contributed by atoms with Crippen LogP contribution in [-0.2, 0) is 11.3 Å². The van der Waals surface area contributed by atoms with E-state index in [4.69, 9.17) is 19.2 Å². The predicted molar refractivity (Wildman–Crippen MR) is 129 cm³/mol. The number of hydrogen-bond acceptors (Lipinski definition) is 5. The van der Waals surface area contributed by atoms with E-state index in [9.17, 15) is 4.79 Å². The van der Waals surface area contributed by atoms with Gasteiger partial charge in [-0.2, -0.15) is 0 Å². The van der Waals surface area contributed by atoms with E-state index in [1.807, 2.05) is 66.7 Å². The molecule has 0 aliphatic carbocycles. The van der Waals surface area contributed by atoms with Crippen LogP contribution in [0.4, 0.5) is 0 Å². The predicted octanol–water partition coefficient (Wildman–Crippen LogP) is 5.81. The molecule has 0 spiro atoms. The van der Waals surface area contributed by atoms with Crippen LogP contribution in [-0.4, -0.2) is 34.1 Å². The third-order valence-electron chi connectivity index (χ3n) is 6.02. The highest BCUT2D eigenvalue weighted by Crippen LogP contribution is 2.39. The highest BCUT2D eigenvalue weighted by atomic mass is 16.5. The largest absolute Gasteiger partial charge is 0.482 e. The summed E-state index contributed by atoms with van der Waals surface area (Å²) < 4.78 is 11.8. The fraction of sp³-hybridized carbons (Fsp3) is 0.214. The number of carboxylic acids is 1.